The summed E-state index contributed by atoms with van der Waals surface area (Å²) >= 11 is 1.72. The fourth-order valence-corrected chi connectivity index (χ4v) is 5.02. The number of phenols is 1. The zero-order valence-electron chi connectivity index (χ0n) is 16.9. The number of benzene rings is 2. The molecule has 0 spiro atoms. The molecule has 158 valence electrons. The predicted octanol–water partition coefficient (Wildman–Crippen LogP) is 3.36. The van der Waals surface area contributed by atoms with Crippen molar-refractivity contribution in [3.63, 3.8) is 0 Å². The maximum Gasteiger partial charge on any atom is 0.318 e. The molecule has 0 aromatic heterocycles. The number of fused-ring (bicyclic) bond motifs is 1. The van der Waals surface area contributed by atoms with Crippen LogP contribution < -0.4 is 10.1 Å². The molecule has 2 heterocycles. The summed E-state index contributed by atoms with van der Waals surface area (Å²) in [6.45, 7) is 2.13. The van der Waals surface area contributed by atoms with Crippen LogP contribution in [-0.2, 0) is 9.53 Å². The van der Waals surface area contributed by atoms with Gasteiger partial charge in [-0.1, -0.05) is 36.0 Å². The molecular formula is C22H25N3O4S. The zero-order valence-corrected chi connectivity index (χ0v) is 17.7. The number of hydrogen-bond donors (Lipinski definition) is 2. The van der Waals surface area contributed by atoms with Gasteiger partial charge < -0.3 is 14.6 Å². The SMILES string of the molecule is CCOC(=O)C1C=NN2C(Sc3ccccc3)CC(c3ccc(O)c(OC)c3)NC12. The maximum atomic E-state index is 12.5. The van der Waals surface area contributed by atoms with Crippen LogP contribution in [0, 0.1) is 5.92 Å². The van der Waals surface area contributed by atoms with Crippen LogP contribution >= 0.6 is 11.8 Å². The summed E-state index contributed by atoms with van der Waals surface area (Å²) in [5.41, 5.74) is 0.984. The molecule has 4 atom stereocenters. The molecule has 4 unspecified atom stereocenters. The molecule has 2 aliphatic heterocycles. The molecule has 0 saturated carbocycles. The monoisotopic (exact) mass is 427 g/mol. The van der Waals surface area contributed by atoms with Crippen molar-refractivity contribution in [2.24, 2.45) is 11.0 Å². The number of carbonyl (C=O) groups is 1. The van der Waals surface area contributed by atoms with Gasteiger partial charge in [-0.25, -0.2) is 0 Å². The first-order valence-electron chi connectivity index (χ1n) is 9.94. The van der Waals surface area contributed by atoms with Gasteiger partial charge in [-0.2, -0.15) is 5.10 Å². The number of thioether (sulfide) groups is 1. The molecule has 2 aromatic rings. The molecule has 2 N–H and O–H groups in total. The highest BCUT2D eigenvalue weighted by atomic mass is 32.2. The van der Waals surface area contributed by atoms with E-state index in [1.165, 1.54) is 7.11 Å². The number of hydrazone groups is 1. The minimum Gasteiger partial charge on any atom is -0.504 e. The quantitative estimate of drug-likeness (QED) is 0.684. The summed E-state index contributed by atoms with van der Waals surface area (Å²) < 4.78 is 10.5. The standard InChI is InChI=1S/C22H25N3O4S/c1-3-29-22(27)16-13-23-25-20(30-15-7-5-4-6-8-15)12-17(24-21(16)25)14-9-10-18(26)19(11-14)28-2/h4-11,13,16-17,20-21,24,26H,3,12H2,1-2H3. The van der Waals surface area contributed by atoms with Crippen molar-refractivity contribution < 1.29 is 19.4 Å². The van der Waals surface area contributed by atoms with E-state index in [1.807, 2.05) is 35.3 Å². The van der Waals surface area contributed by atoms with Crippen molar-refractivity contribution >= 4 is 23.9 Å². The normalized spacial score (nSPS) is 25.1. The summed E-state index contributed by atoms with van der Waals surface area (Å²) in [5.74, 6) is -0.240. The topological polar surface area (TPSA) is 83.4 Å². The molecule has 0 aliphatic carbocycles. The fourth-order valence-electron chi connectivity index (χ4n) is 3.81. The van der Waals surface area contributed by atoms with Gasteiger partial charge in [-0.3, -0.25) is 15.1 Å². The lowest BCUT2D eigenvalue weighted by Crippen LogP contribution is -2.56. The van der Waals surface area contributed by atoms with Crippen LogP contribution in [0.25, 0.3) is 0 Å². The molecule has 8 heteroatoms. The fraction of sp³-hybridized carbons (Fsp3) is 0.364. The smallest absolute Gasteiger partial charge is 0.318 e. The van der Waals surface area contributed by atoms with Gasteiger partial charge in [0.1, 0.15) is 17.5 Å². The number of aromatic hydroxyl groups is 1. The van der Waals surface area contributed by atoms with E-state index in [2.05, 4.69) is 22.6 Å². The number of rotatable bonds is 6. The minimum absolute atomic E-state index is 0.0270. The third-order valence-electron chi connectivity index (χ3n) is 5.27. The van der Waals surface area contributed by atoms with Crippen LogP contribution in [0.5, 0.6) is 11.5 Å². The van der Waals surface area contributed by atoms with Gasteiger partial charge in [0.25, 0.3) is 0 Å². The maximum absolute atomic E-state index is 12.5. The van der Waals surface area contributed by atoms with Gasteiger partial charge >= 0.3 is 5.97 Å². The van der Waals surface area contributed by atoms with E-state index >= 15 is 0 Å². The van der Waals surface area contributed by atoms with Crippen molar-refractivity contribution in [3.8, 4) is 11.5 Å². The van der Waals surface area contributed by atoms with E-state index in [-0.39, 0.29) is 29.3 Å². The average molecular weight is 428 g/mol. The number of phenolic OH excluding ortho intramolecular Hbond substituents is 1. The van der Waals surface area contributed by atoms with Gasteiger partial charge in [-0.15, -0.1) is 0 Å². The molecule has 4 rings (SSSR count). The first-order valence-corrected chi connectivity index (χ1v) is 10.8. The number of ether oxygens (including phenoxy) is 2. The van der Waals surface area contributed by atoms with Crippen LogP contribution in [-0.4, -0.2) is 47.6 Å². The summed E-state index contributed by atoms with van der Waals surface area (Å²) in [7, 11) is 1.53. The van der Waals surface area contributed by atoms with Gasteiger partial charge in [-0.05, 0) is 43.2 Å². The van der Waals surface area contributed by atoms with Crippen molar-refractivity contribution in [1.82, 2.24) is 10.3 Å². The Labute approximate surface area is 180 Å². The van der Waals surface area contributed by atoms with E-state index < -0.39 is 5.92 Å². The van der Waals surface area contributed by atoms with Crippen molar-refractivity contribution in [2.75, 3.05) is 13.7 Å². The van der Waals surface area contributed by atoms with Gasteiger partial charge in [0.05, 0.1) is 13.7 Å². The summed E-state index contributed by atoms with van der Waals surface area (Å²) in [5, 5.41) is 20.1. The van der Waals surface area contributed by atoms with Gasteiger partial charge in [0, 0.05) is 17.2 Å². The van der Waals surface area contributed by atoms with Gasteiger partial charge in [0.15, 0.2) is 11.5 Å². The van der Waals surface area contributed by atoms with Crippen molar-refractivity contribution in [3.05, 3.63) is 54.1 Å². The Morgan fingerprint density at radius 1 is 1.30 bits per heavy atom. The van der Waals surface area contributed by atoms with E-state index in [0.717, 1.165) is 16.9 Å². The first kappa shape index (κ1) is 20.6. The second kappa shape index (κ2) is 8.97. The number of hydrogen-bond acceptors (Lipinski definition) is 8. The Balaban J connectivity index is 1.63. The highest BCUT2D eigenvalue weighted by molar-refractivity contribution is 7.99. The highest BCUT2D eigenvalue weighted by Crippen LogP contribution is 2.41. The molecule has 0 bridgehead atoms. The van der Waals surface area contributed by atoms with Crippen LogP contribution in [0.3, 0.4) is 0 Å². The van der Waals surface area contributed by atoms with Crippen LogP contribution in [0.2, 0.25) is 0 Å². The largest absolute Gasteiger partial charge is 0.504 e. The average Bonchev–Trinajstić information content (AvgIpc) is 3.19. The molecule has 7 nitrogen and oxygen atoms in total. The van der Waals surface area contributed by atoms with Crippen LogP contribution in [0.15, 0.2) is 58.5 Å². The zero-order chi connectivity index (χ0) is 21.1. The Bertz CT molecular complexity index is 924. The van der Waals surface area contributed by atoms with E-state index in [9.17, 15) is 9.90 Å². The molecule has 0 amide bonds. The molecule has 2 aliphatic rings. The number of nitrogens with one attached hydrogen (secondary N) is 1. The number of carbonyl (C=O) groups excluding carboxylic acids is 1. The van der Waals surface area contributed by atoms with Crippen LogP contribution in [0.1, 0.15) is 24.9 Å². The lowest BCUT2D eigenvalue weighted by Gasteiger charge is -2.42. The number of methoxy groups -OCH3 is 1. The lowest BCUT2D eigenvalue weighted by molar-refractivity contribution is -0.147. The van der Waals surface area contributed by atoms with Crippen molar-refractivity contribution in [2.45, 2.75) is 35.8 Å². The Morgan fingerprint density at radius 2 is 2.10 bits per heavy atom. The summed E-state index contributed by atoms with van der Waals surface area (Å²) in [4.78, 5) is 13.7. The first-order chi connectivity index (χ1) is 14.6. The van der Waals surface area contributed by atoms with E-state index in [1.54, 1.807) is 31.0 Å². The summed E-state index contributed by atoms with van der Waals surface area (Å²) in [6, 6.07) is 15.5. The van der Waals surface area contributed by atoms with Gasteiger partial charge in [0.2, 0.25) is 0 Å². The third-order valence-corrected chi connectivity index (χ3v) is 6.50. The molecule has 2 aromatic carbocycles. The second-order valence-corrected chi connectivity index (χ2v) is 8.39. The number of esters is 1. The molecule has 1 fully saturated rings. The molecule has 1 saturated heterocycles. The summed E-state index contributed by atoms with van der Waals surface area (Å²) in [6.07, 6.45) is 2.13. The molecule has 30 heavy (non-hydrogen) atoms. The van der Waals surface area contributed by atoms with E-state index in [4.69, 9.17) is 9.47 Å². The Kier molecular flexibility index (Phi) is 6.15. The lowest BCUT2D eigenvalue weighted by atomic mass is 9.97. The minimum atomic E-state index is -0.481. The van der Waals surface area contributed by atoms with Crippen molar-refractivity contribution in [1.29, 1.82) is 0 Å². The molecular weight excluding hydrogens is 402 g/mol. The number of nitrogens with zero attached hydrogens (tertiary/aromatic N) is 2. The van der Waals surface area contributed by atoms with E-state index in [0.29, 0.717) is 12.4 Å². The Morgan fingerprint density at radius 3 is 2.83 bits per heavy atom. The second-order valence-electron chi connectivity index (χ2n) is 7.14. The van der Waals surface area contributed by atoms with Crippen LogP contribution in [0.4, 0.5) is 0 Å². The predicted molar refractivity (Wildman–Crippen MR) is 115 cm³/mol. The molecule has 0 radical (unpaired) electrons. The highest BCUT2D eigenvalue weighted by Gasteiger charge is 2.45. The Hall–Kier alpha value is -2.71. The third kappa shape index (κ3) is 4.11.